The van der Waals surface area contributed by atoms with E-state index in [-0.39, 0.29) is 4.90 Å². The molecule has 5 heterocycles. The number of pyridine rings is 1. The molecule has 0 atom stereocenters. The number of nitrogens with one attached hydrogen (secondary N) is 1. The first-order chi connectivity index (χ1) is 15.9. The molecule has 1 aromatic carbocycles. The number of rotatable bonds is 6. The highest BCUT2D eigenvalue weighted by molar-refractivity contribution is 7.92. The number of sulfonamides is 1. The Labute approximate surface area is 190 Å². The zero-order valence-electron chi connectivity index (χ0n) is 18.2. The number of benzene rings is 1. The zero-order chi connectivity index (χ0) is 22.7. The molecule has 2 aliphatic heterocycles. The van der Waals surface area contributed by atoms with Gasteiger partial charge in [-0.15, -0.1) is 0 Å². The maximum absolute atomic E-state index is 13.2. The van der Waals surface area contributed by atoms with Gasteiger partial charge < -0.3 is 9.64 Å². The maximum Gasteiger partial charge on any atom is 0.265 e. The van der Waals surface area contributed by atoms with Crippen LogP contribution >= 0.6 is 0 Å². The summed E-state index contributed by atoms with van der Waals surface area (Å²) in [6, 6.07) is 8.10. The Balaban J connectivity index is 1.32. The van der Waals surface area contributed by atoms with Crippen molar-refractivity contribution >= 4 is 32.3 Å². The van der Waals surface area contributed by atoms with Gasteiger partial charge in [-0.25, -0.2) is 18.1 Å². The Bertz CT molecular complexity index is 1470. The van der Waals surface area contributed by atoms with Crippen molar-refractivity contribution in [3.05, 3.63) is 49.1 Å². The molecular formula is C22H23N7O3S. The molecule has 10 nitrogen and oxygen atoms in total. The Morgan fingerprint density at radius 3 is 2.76 bits per heavy atom. The molecule has 11 heteroatoms. The molecule has 1 N–H and O–H groups in total. The van der Waals surface area contributed by atoms with Crippen molar-refractivity contribution in [2.75, 3.05) is 23.3 Å². The number of nitrogens with zero attached hydrogens (tertiary/aromatic N) is 6. The average molecular weight is 466 g/mol. The van der Waals surface area contributed by atoms with Gasteiger partial charge in [0.2, 0.25) is 0 Å². The van der Waals surface area contributed by atoms with Gasteiger partial charge in [-0.05, 0) is 37.0 Å². The summed E-state index contributed by atoms with van der Waals surface area (Å²) in [6.07, 6.45) is 8.70. The van der Waals surface area contributed by atoms with Crippen LogP contribution in [0, 0.1) is 5.92 Å². The monoisotopic (exact) mass is 465 g/mol. The van der Waals surface area contributed by atoms with Gasteiger partial charge in [0, 0.05) is 43.0 Å². The summed E-state index contributed by atoms with van der Waals surface area (Å²) in [5.41, 5.74) is 2.05. The summed E-state index contributed by atoms with van der Waals surface area (Å²) in [4.78, 5) is 6.83. The highest BCUT2D eigenvalue weighted by atomic mass is 32.2. The first-order valence-corrected chi connectivity index (χ1v) is 12.2. The van der Waals surface area contributed by atoms with E-state index < -0.39 is 10.0 Å². The van der Waals surface area contributed by atoms with E-state index in [4.69, 9.17) is 4.74 Å². The molecule has 1 aliphatic carbocycles. The van der Waals surface area contributed by atoms with Crippen molar-refractivity contribution in [1.29, 1.82) is 0 Å². The van der Waals surface area contributed by atoms with Gasteiger partial charge in [-0.2, -0.15) is 10.2 Å². The fraction of sp³-hybridized carbons (Fsp3) is 0.318. The average Bonchev–Trinajstić information content (AvgIpc) is 3.57. The van der Waals surface area contributed by atoms with Crippen LogP contribution in [0.15, 0.2) is 53.9 Å². The molecule has 2 saturated heterocycles. The van der Waals surface area contributed by atoms with E-state index in [0.717, 1.165) is 23.5 Å². The molecule has 1 saturated carbocycles. The minimum atomic E-state index is -3.94. The first-order valence-electron chi connectivity index (χ1n) is 10.7. The number of fused-ring (bicyclic) bond motifs is 2. The molecule has 7 rings (SSSR count). The minimum Gasteiger partial charge on any atom is -0.494 e. The second kappa shape index (κ2) is 7.20. The van der Waals surface area contributed by atoms with Crippen LogP contribution < -0.4 is 14.4 Å². The predicted octanol–water partition coefficient (Wildman–Crippen LogP) is 2.56. The number of anilines is 2. The minimum absolute atomic E-state index is 0.0272. The summed E-state index contributed by atoms with van der Waals surface area (Å²) in [7, 11) is -0.693. The molecule has 4 aromatic rings. The standard InChI is InChI=1S/C22H23N7O3S/c1-27-22-15(10-24-27)3-4-19(32-2)21(22)26-33(30,31)18-11-25-29(13-18)20-9-16(5-6-23-20)28-12-14-7-17(28)8-14/h3-6,9-11,13-14,17,26H,7-8,12H2,1-2H3. The molecule has 0 unspecified atom stereocenters. The van der Waals surface area contributed by atoms with E-state index in [2.05, 4.69) is 24.8 Å². The molecule has 0 spiro atoms. The second-order valence-electron chi connectivity index (χ2n) is 8.59. The quantitative estimate of drug-likeness (QED) is 0.466. The molecular weight excluding hydrogens is 442 g/mol. The van der Waals surface area contributed by atoms with Crippen molar-refractivity contribution in [3.8, 4) is 11.6 Å². The van der Waals surface area contributed by atoms with E-state index in [9.17, 15) is 8.42 Å². The highest BCUT2D eigenvalue weighted by Gasteiger charge is 2.42. The SMILES string of the molecule is COc1ccc2cnn(C)c2c1NS(=O)(=O)c1cnn(-c2cc(N3CC4CC3C4)ccn2)c1. The summed E-state index contributed by atoms with van der Waals surface area (Å²) in [6.45, 7) is 1.07. The lowest BCUT2D eigenvalue weighted by molar-refractivity contribution is 0.381. The van der Waals surface area contributed by atoms with Crippen molar-refractivity contribution < 1.29 is 13.2 Å². The Kier molecular flexibility index (Phi) is 4.37. The number of ether oxygens (including phenoxy) is 1. The summed E-state index contributed by atoms with van der Waals surface area (Å²) in [5, 5.41) is 9.30. The number of aromatic nitrogens is 5. The zero-order valence-corrected chi connectivity index (χ0v) is 19.0. The third-order valence-electron chi connectivity index (χ3n) is 6.59. The van der Waals surface area contributed by atoms with Crippen LogP contribution in [0.1, 0.15) is 12.8 Å². The van der Waals surface area contributed by atoms with Gasteiger partial charge in [-0.1, -0.05) is 0 Å². The smallest absolute Gasteiger partial charge is 0.265 e. The van der Waals surface area contributed by atoms with Gasteiger partial charge in [-0.3, -0.25) is 9.40 Å². The largest absolute Gasteiger partial charge is 0.494 e. The summed E-state index contributed by atoms with van der Waals surface area (Å²) in [5.74, 6) is 1.77. The van der Waals surface area contributed by atoms with Gasteiger partial charge >= 0.3 is 0 Å². The lowest BCUT2D eigenvalue weighted by Gasteiger charge is -2.27. The maximum atomic E-state index is 13.2. The van der Waals surface area contributed by atoms with Crippen LogP contribution in [0.3, 0.4) is 0 Å². The van der Waals surface area contributed by atoms with E-state index >= 15 is 0 Å². The topological polar surface area (TPSA) is 107 Å². The van der Waals surface area contributed by atoms with Crippen LogP contribution in [0.5, 0.6) is 5.75 Å². The third-order valence-corrected chi connectivity index (χ3v) is 7.90. The number of methoxy groups -OCH3 is 1. The molecule has 33 heavy (non-hydrogen) atoms. The Morgan fingerprint density at radius 1 is 1.15 bits per heavy atom. The van der Waals surface area contributed by atoms with E-state index in [1.807, 2.05) is 18.2 Å². The van der Waals surface area contributed by atoms with Crippen molar-refractivity contribution in [2.45, 2.75) is 23.8 Å². The van der Waals surface area contributed by atoms with Crippen LogP contribution in [-0.4, -0.2) is 52.7 Å². The Morgan fingerprint density at radius 2 is 2.00 bits per heavy atom. The number of hydrogen-bond donors (Lipinski definition) is 1. The highest BCUT2D eigenvalue weighted by Crippen LogP contribution is 2.43. The third kappa shape index (κ3) is 3.22. The number of hydrogen-bond acceptors (Lipinski definition) is 7. The van der Waals surface area contributed by atoms with Crippen molar-refractivity contribution in [1.82, 2.24) is 24.5 Å². The molecule has 0 amide bonds. The number of aryl methyl sites for hydroxylation is 1. The molecule has 3 aromatic heterocycles. The molecule has 2 bridgehead atoms. The predicted molar refractivity (Wildman–Crippen MR) is 123 cm³/mol. The van der Waals surface area contributed by atoms with E-state index in [1.165, 1.54) is 37.0 Å². The van der Waals surface area contributed by atoms with Crippen LogP contribution in [0.25, 0.3) is 16.7 Å². The fourth-order valence-corrected chi connectivity index (χ4v) is 5.85. The van der Waals surface area contributed by atoms with Crippen LogP contribution in [0.2, 0.25) is 0 Å². The molecule has 170 valence electrons. The normalized spacial score (nSPS) is 19.6. The lowest BCUT2D eigenvalue weighted by atomic mass is 9.86. The van der Waals surface area contributed by atoms with Gasteiger partial charge in [0.25, 0.3) is 10.0 Å². The second-order valence-corrected chi connectivity index (χ2v) is 10.3. The van der Waals surface area contributed by atoms with Crippen molar-refractivity contribution in [3.63, 3.8) is 0 Å². The summed E-state index contributed by atoms with van der Waals surface area (Å²) < 4.78 is 37.6. The van der Waals surface area contributed by atoms with Gasteiger partial charge in [0.1, 0.15) is 16.3 Å². The van der Waals surface area contributed by atoms with Crippen LogP contribution in [0.4, 0.5) is 11.4 Å². The first kappa shape index (κ1) is 20.0. The molecule has 3 fully saturated rings. The van der Waals surface area contributed by atoms with Crippen molar-refractivity contribution in [2.24, 2.45) is 13.0 Å². The molecule has 3 aliphatic rings. The lowest BCUT2D eigenvalue weighted by Crippen LogP contribution is -2.28. The summed E-state index contributed by atoms with van der Waals surface area (Å²) >= 11 is 0. The van der Waals surface area contributed by atoms with E-state index in [0.29, 0.717) is 28.8 Å². The van der Waals surface area contributed by atoms with E-state index in [1.54, 1.807) is 30.2 Å². The Hall–Kier alpha value is -3.60. The molecule has 0 radical (unpaired) electrons. The van der Waals surface area contributed by atoms with Crippen LogP contribution in [-0.2, 0) is 17.1 Å². The fourth-order valence-electron chi connectivity index (χ4n) is 4.84. The van der Waals surface area contributed by atoms with Gasteiger partial charge in [0.15, 0.2) is 5.82 Å². The van der Waals surface area contributed by atoms with Gasteiger partial charge in [0.05, 0.1) is 31.2 Å².